The van der Waals surface area contributed by atoms with Crippen LogP contribution in [0.1, 0.15) is 20.8 Å². The van der Waals surface area contributed by atoms with E-state index in [0.717, 1.165) is 11.4 Å². The highest BCUT2D eigenvalue weighted by Crippen LogP contribution is 2.37. The molecule has 23 heavy (non-hydrogen) atoms. The van der Waals surface area contributed by atoms with Crippen molar-refractivity contribution in [3.05, 3.63) is 24.5 Å². The zero-order valence-corrected chi connectivity index (χ0v) is 13.8. The Morgan fingerprint density at radius 2 is 2.22 bits per heavy atom. The Bertz CT molecular complexity index is 746. The normalized spacial score (nSPS) is 13.4. The van der Waals surface area contributed by atoms with Gasteiger partial charge in [-0.15, -0.1) is 4.68 Å². The Morgan fingerprint density at radius 3 is 2.96 bits per heavy atom. The Hall–Kier alpha value is -2.57. The number of fused-ring (bicyclic) bond motifs is 3. The molecule has 0 saturated heterocycles. The fraction of sp³-hybridized carbons (Fsp3) is 0.438. The maximum absolute atomic E-state index is 12.0. The van der Waals surface area contributed by atoms with Gasteiger partial charge in [0.2, 0.25) is 0 Å². The standard InChI is InChI=1S/C16H20N4O3/c1-16(2,3)23-15(21)17-12-7-5-6-11-13(12)22-9-8-20-10-19(4)18-14(11)20/h5-7,10H,8-9H2,1-4H3/p+1. The van der Waals surface area contributed by atoms with Crippen molar-refractivity contribution in [2.45, 2.75) is 32.9 Å². The number of amides is 1. The van der Waals surface area contributed by atoms with E-state index in [0.29, 0.717) is 24.6 Å². The molecule has 0 aliphatic carbocycles. The van der Waals surface area contributed by atoms with Crippen molar-refractivity contribution in [2.75, 3.05) is 11.9 Å². The highest BCUT2D eigenvalue weighted by atomic mass is 16.6. The van der Waals surface area contributed by atoms with Gasteiger partial charge in [-0.2, -0.15) is 0 Å². The Morgan fingerprint density at radius 1 is 1.43 bits per heavy atom. The van der Waals surface area contributed by atoms with Gasteiger partial charge in [-0.25, -0.2) is 9.36 Å². The summed E-state index contributed by atoms with van der Waals surface area (Å²) in [5.41, 5.74) is 0.869. The summed E-state index contributed by atoms with van der Waals surface area (Å²) in [7, 11) is 1.88. The van der Waals surface area contributed by atoms with Crippen molar-refractivity contribution < 1.29 is 19.0 Å². The molecule has 2 aromatic rings. The van der Waals surface area contributed by atoms with E-state index < -0.39 is 11.7 Å². The lowest BCUT2D eigenvalue weighted by atomic mass is 10.1. The lowest BCUT2D eigenvalue weighted by Gasteiger charge is -2.20. The Balaban J connectivity index is 1.95. The monoisotopic (exact) mass is 317 g/mol. The maximum atomic E-state index is 12.0. The number of benzene rings is 1. The van der Waals surface area contributed by atoms with Gasteiger partial charge < -0.3 is 9.47 Å². The van der Waals surface area contributed by atoms with Crippen LogP contribution in [0.4, 0.5) is 10.5 Å². The predicted molar refractivity (Wildman–Crippen MR) is 84.2 cm³/mol. The van der Waals surface area contributed by atoms with Crippen LogP contribution in [0.3, 0.4) is 0 Å². The van der Waals surface area contributed by atoms with Crippen LogP contribution in [-0.2, 0) is 18.3 Å². The number of nitrogens with zero attached hydrogens (tertiary/aromatic N) is 3. The molecule has 1 amide bonds. The minimum Gasteiger partial charge on any atom is -0.486 e. The second kappa shape index (κ2) is 5.57. The number of hydrogen-bond donors (Lipinski definition) is 1. The number of para-hydroxylation sites is 1. The number of hydrogen-bond acceptors (Lipinski definition) is 4. The number of carbonyl (C=O) groups is 1. The fourth-order valence-electron chi connectivity index (χ4n) is 2.49. The fourth-order valence-corrected chi connectivity index (χ4v) is 2.49. The number of nitrogens with one attached hydrogen (secondary N) is 1. The van der Waals surface area contributed by atoms with Gasteiger partial charge in [-0.3, -0.25) is 5.32 Å². The molecule has 1 aliphatic heterocycles. The lowest BCUT2D eigenvalue weighted by Crippen LogP contribution is -2.29. The smallest absolute Gasteiger partial charge is 0.412 e. The summed E-state index contributed by atoms with van der Waals surface area (Å²) in [4.78, 5) is 12.0. The molecular weight excluding hydrogens is 296 g/mol. The summed E-state index contributed by atoms with van der Waals surface area (Å²) in [6.45, 7) is 6.68. The molecule has 7 heteroatoms. The van der Waals surface area contributed by atoms with Crippen molar-refractivity contribution in [3.8, 4) is 17.1 Å². The molecule has 0 fully saturated rings. The van der Waals surface area contributed by atoms with Crippen LogP contribution < -0.4 is 14.7 Å². The summed E-state index contributed by atoms with van der Waals surface area (Å²) >= 11 is 0. The predicted octanol–water partition coefficient (Wildman–Crippen LogP) is 2.11. The van der Waals surface area contributed by atoms with E-state index >= 15 is 0 Å². The molecule has 1 aromatic carbocycles. The van der Waals surface area contributed by atoms with Gasteiger partial charge in [0.05, 0.1) is 11.3 Å². The van der Waals surface area contributed by atoms with Crippen LogP contribution in [0.2, 0.25) is 0 Å². The van der Waals surface area contributed by atoms with Gasteiger partial charge >= 0.3 is 6.09 Å². The summed E-state index contributed by atoms with van der Waals surface area (Å²) < 4.78 is 15.0. The first-order valence-electron chi connectivity index (χ1n) is 7.53. The van der Waals surface area contributed by atoms with E-state index in [1.165, 1.54) is 0 Å². The molecule has 0 radical (unpaired) electrons. The quantitative estimate of drug-likeness (QED) is 0.818. The summed E-state index contributed by atoms with van der Waals surface area (Å²) in [5.74, 6) is 1.43. The molecule has 122 valence electrons. The molecule has 0 atom stereocenters. The van der Waals surface area contributed by atoms with Gasteiger partial charge in [-0.05, 0) is 38.0 Å². The molecule has 2 heterocycles. The Labute approximate surface area is 134 Å². The Kier molecular flexibility index (Phi) is 3.71. The van der Waals surface area contributed by atoms with E-state index in [2.05, 4.69) is 10.4 Å². The van der Waals surface area contributed by atoms with E-state index in [4.69, 9.17) is 9.47 Å². The minimum atomic E-state index is -0.555. The van der Waals surface area contributed by atoms with Crippen molar-refractivity contribution in [1.82, 2.24) is 9.67 Å². The first-order valence-corrected chi connectivity index (χ1v) is 7.53. The number of anilines is 1. The molecule has 0 saturated carbocycles. The van der Waals surface area contributed by atoms with E-state index in [9.17, 15) is 4.79 Å². The number of ether oxygens (including phenoxy) is 2. The number of aromatic nitrogens is 3. The number of aryl methyl sites for hydroxylation is 1. The first kappa shape index (κ1) is 15.3. The van der Waals surface area contributed by atoms with E-state index in [1.807, 2.05) is 50.8 Å². The SMILES string of the molecule is C[n+]1cn2c(n1)-c1cccc(NC(=O)OC(C)(C)C)c1OCC2. The van der Waals surface area contributed by atoms with Crippen molar-refractivity contribution >= 4 is 11.8 Å². The third-order valence-corrected chi connectivity index (χ3v) is 3.30. The lowest BCUT2D eigenvalue weighted by molar-refractivity contribution is -0.728. The molecule has 3 rings (SSSR count). The number of carbonyl (C=O) groups excluding carboxylic acids is 1. The van der Waals surface area contributed by atoms with Crippen LogP contribution in [0.25, 0.3) is 11.4 Å². The van der Waals surface area contributed by atoms with Crippen molar-refractivity contribution in [1.29, 1.82) is 0 Å². The third kappa shape index (κ3) is 3.28. The van der Waals surface area contributed by atoms with Crippen LogP contribution in [-0.4, -0.2) is 28.0 Å². The summed E-state index contributed by atoms with van der Waals surface area (Å²) in [6, 6.07) is 5.58. The van der Waals surface area contributed by atoms with Gasteiger partial charge in [-0.1, -0.05) is 6.07 Å². The van der Waals surface area contributed by atoms with Crippen LogP contribution in [0, 0.1) is 0 Å². The molecule has 7 nitrogen and oxygen atoms in total. The molecule has 1 aliphatic rings. The third-order valence-electron chi connectivity index (χ3n) is 3.30. The van der Waals surface area contributed by atoms with Gasteiger partial charge in [0.25, 0.3) is 12.2 Å². The maximum Gasteiger partial charge on any atom is 0.412 e. The second-order valence-electron chi connectivity index (χ2n) is 6.46. The average molecular weight is 317 g/mol. The topological polar surface area (TPSA) is 69.3 Å². The van der Waals surface area contributed by atoms with Crippen LogP contribution in [0.15, 0.2) is 24.5 Å². The molecular formula is C16H21N4O3+. The zero-order chi connectivity index (χ0) is 16.6. The second-order valence-corrected chi connectivity index (χ2v) is 6.46. The summed E-state index contributed by atoms with van der Waals surface area (Å²) in [6.07, 6.45) is 1.41. The molecule has 0 bridgehead atoms. The van der Waals surface area contributed by atoms with Gasteiger partial charge in [0.15, 0.2) is 5.75 Å². The van der Waals surface area contributed by atoms with Crippen molar-refractivity contribution in [3.63, 3.8) is 0 Å². The van der Waals surface area contributed by atoms with E-state index in [-0.39, 0.29) is 0 Å². The minimum absolute atomic E-state index is 0.503. The highest BCUT2D eigenvalue weighted by Gasteiger charge is 2.26. The van der Waals surface area contributed by atoms with Crippen LogP contribution in [0.5, 0.6) is 5.75 Å². The summed E-state index contributed by atoms with van der Waals surface area (Å²) in [5, 5.41) is 7.25. The highest BCUT2D eigenvalue weighted by molar-refractivity contribution is 5.89. The average Bonchev–Trinajstić information content (AvgIpc) is 2.70. The van der Waals surface area contributed by atoms with Gasteiger partial charge in [0.1, 0.15) is 25.8 Å². The molecule has 0 spiro atoms. The molecule has 1 N–H and O–H groups in total. The van der Waals surface area contributed by atoms with Gasteiger partial charge in [0, 0.05) is 0 Å². The van der Waals surface area contributed by atoms with E-state index in [1.54, 1.807) is 10.7 Å². The molecule has 0 unspecified atom stereocenters. The van der Waals surface area contributed by atoms with Crippen LogP contribution >= 0.6 is 0 Å². The van der Waals surface area contributed by atoms with Crippen molar-refractivity contribution in [2.24, 2.45) is 7.05 Å². The molecule has 1 aromatic heterocycles. The largest absolute Gasteiger partial charge is 0.486 e. The number of rotatable bonds is 1. The zero-order valence-electron chi connectivity index (χ0n) is 13.8. The first-order chi connectivity index (χ1) is 10.8.